The van der Waals surface area contributed by atoms with Crippen molar-refractivity contribution in [2.24, 2.45) is 4.99 Å². The number of benzene rings is 1. The van der Waals surface area contributed by atoms with Crippen LogP contribution in [0.4, 0.5) is 5.82 Å². The van der Waals surface area contributed by atoms with Gasteiger partial charge in [0.1, 0.15) is 11.6 Å². The molecule has 1 saturated heterocycles. The second kappa shape index (κ2) is 11.6. The number of aryl methyl sites for hydroxylation is 1. The maximum absolute atomic E-state index is 5.44. The van der Waals surface area contributed by atoms with Gasteiger partial charge in [0.15, 0.2) is 5.96 Å². The van der Waals surface area contributed by atoms with Crippen LogP contribution >= 0.6 is 0 Å². The maximum Gasteiger partial charge on any atom is 0.191 e. The third kappa shape index (κ3) is 6.59. The number of ether oxygens (including phenoxy) is 1. The smallest absolute Gasteiger partial charge is 0.191 e. The number of pyridine rings is 1. The second-order valence-corrected chi connectivity index (χ2v) is 7.95. The summed E-state index contributed by atoms with van der Waals surface area (Å²) in [6, 6.07) is 10.5. The molecule has 0 atom stereocenters. The highest BCUT2D eigenvalue weighted by molar-refractivity contribution is 5.79. The minimum Gasteiger partial charge on any atom is -0.496 e. The highest BCUT2D eigenvalue weighted by Gasteiger charge is 2.17. The molecule has 1 aromatic heterocycles. The molecule has 2 heterocycles. The van der Waals surface area contributed by atoms with E-state index < -0.39 is 0 Å². The van der Waals surface area contributed by atoms with Gasteiger partial charge >= 0.3 is 0 Å². The third-order valence-electron chi connectivity index (χ3n) is 5.60. The fourth-order valence-electron chi connectivity index (χ4n) is 3.71. The Morgan fingerprint density at radius 3 is 2.71 bits per heavy atom. The lowest BCUT2D eigenvalue weighted by Crippen LogP contribution is -2.45. The van der Waals surface area contributed by atoms with E-state index in [1.807, 2.05) is 12.3 Å². The van der Waals surface area contributed by atoms with Crippen LogP contribution in [-0.4, -0.2) is 69.3 Å². The van der Waals surface area contributed by atoms with Gasteiger partial charge in [-0.2, -0.15) is 0 Å². The Morgan fingerprint density at radius 2 is 1.97 bits per heavy atom. The Kier molecular flexibility index (Phi) is 8.53. The van der Waals surface area contributed by atoms with E-state index >= 15 is 0 Å². The monoisotopic (exact) mass is 424 g/mol. The van der Waals surface area contributed by atoms with Gasteiger partial charge in [0.05, 0.1) is 13.7 Å². The number of rotatable bonds is 8. The molecule has 0 unspecified atom stereocenters. The molecule has 3 rings (SSSR count). The van der Waals surface area contributed by atoms with Gasteiger partial charge in [-0.3, -0.25) is 0 Å². The van der Waals surface area contributed by atoms with Crippen LogP contribution in [0.3, 0.4) is 0 Å². The minimum atomic E-state index is 0.600. The summed E-state index contributed by atoms with van der Waals surface area (Å²) in [7, 11) is 3.89. The highest BCUT2D eigenvalue weighted by Crippen LogP contribution is 2.20. The number of aromatic nitrogens is 1. The summed E-state index contributed by atoms with van der Waals surface area (Å²) in [5, 5.41) is 6.80. The number of anilines is 1. The number of piperazine rings is 1. The molecule has 1 aromatic carbocycles. The molecule has 168 valence electrons. The molecule has 2 aromatic rings. The van der Waals surface area contributed by atoms with Gasteiger partial charge in [-0.05, 0) is 50.6 Å². The topological polar surface area (TPSA) is 65.0 Å². The fraction of sp³-hybridized carbons (Fsp3) is 0.500. The van der Waals surface area contributed by atoms with E-state index in [0.717, 1.165) is 74.3 Å². The SMILES string of the molecule is CCNC(=NCc1cccnc1N1CCN(C)CC1)NCCc1ccc(C)c(OC)c1. The van der Waals surface area contributed by atoms with Crippen molar-refractivity contribution in [2.45, 2.75) is 26.8 Å². The van der Waals surface area contributed by atoms with Crippen molar-refractivity contribution < 1.29 is 4.74 Å². The summed E-state index contributed by atoms with van der Waals surface area (Å²) in [4.78, 5) is 14.2. The molecule has 0 saturated carbocycles. The van der Waals surface area contributed by atoms with Crippen molar-refractivity contribution in [3.05, 3.63) is 53.2 Å². The molecule has 0 radical (unpaired) electrons. The number of hydrogen-bond acceptors (Lipinski definition) is 5. The van der Waals surface area contributed by atoms with E-state index in [4.69, 9.17) is 9.73 Å². The van der Waals surface area contributed by atoms with Crippen LogP contribution in [0.15, 0.2) is 41.5 Å². The second-order valence-electron chi connectivity index (χ2n) is 7.95. The number of aliphatic imine (C=N–C) groups is 1. The van der Waals surface area contributed by atoms with Crippen LogP contribution in [0, 0.1) is 6.92 Å². The first-order chi connectivity index (χ1) is 15.1. The Morgan fingerprint density at radius 1 is 1.16 bits per heavy atom. The Hall–Kier alpha value is -2.80. The molecule has 0 spiro atoms. The summed E-state index contributed by atoms with van der Waals surface area (Å²) < 4.78 is 5.44. The molecule has 7 nitrogen and oxygen atoms in total. The van der Waals surface area contributed by atoms with Gasteiger partial charge in [-0.15, -0.1) is 0 Å². The molecule has 0 amide bonds. The first kappa shape index (κ1) is 22.9. The summed E-state index contributed by atoms with van der Waals surface area (Å²) in [6.45, 7) is 10.5. The average molecular weight is 425 g/mol. The Bertz CT molecular complexity index is 861. The molecule has 31 heavy (non-hydrogen) atoms. The summed E-state index contributed by atoms with van der Waals surface area (Å²) >= 11 is 0. The summed E-state index contributed by atoms with van der Waals surface area (Å²) in [5.41, 5.74) is 3.56. The lowest BCUT2D eigenvalue weighted by atomic mass is 10.1. The van der Waals surface area contributed by atoms with Crippen LogP contribution in [-0.2, 0) is 13.0 Å². The largest absolute Gasteiger partial charge is 0.496 e. The normalized spacial score (nSPS) is 15.1. The first-order valence-electron chi connectivity index (χ1n) is 11.1. The van der Waals surface area contributed by atoms with E-state index in [9.17, 15) is 0 Å². The molecule has 7 heteroatoms. The fourth-order valence-corrected chi connectivity index (χ4v) is 3.71. The Balaban J connectivity index is 1.61. The molecular weight excluding hydrogens is 388 g/mol. The van der Waals surface area contributed by atoms with Crippen LogP contribution in [0.25, 0.3) is 0 Å². The quantitative estimate of drug-likeness (QED) is 0.501. The van der Waals surface area contributed by atoms with Gasteiger partial charge in [-0.1, -0.05) is 18.2 Å². The third-order valence-corrected chi connectivity index (χ3v) is 5.60. The van der Waals surface area contributed by atoms with E-state index in [1.54, 1.807) is 7.11 Å². The molecule has 1 aliphatic rings. The predicted octanol–water partition coefficient (Wildman–Crippen LogP) is 2.45. The van der Waals surface area contributed by atoms with E-state index in [-0.39, 0.29) is 0 Å². The van der Waals surface area contributed by atoms with Crippen molar-refractivity contribution in [1.82, 2.24) is 20.5 Å². The minimum absolute atomic E-state index is 0.600. The highest BCUT2D eigenvalue weighted by atomic mass is 16.5. The number of hydrogen-bond donors (Lipinski definition) is 2. The zero-order valence-electron chi connectivity index (χ0n) is 19.3. The summed E-state index contributed by atoms with van der Waals surface area (Å²) in [5.74, 6) is 2.82. The zero-order chi connectivity index (χ0) is 22.1. The average Bonchev–Trinajstić information content (AvgIpc) is 2.79. The zero-order valence-corrected chi connectivity index (χ0v) is 19.3. The molecule has 0 bridgehead atoms. The summed E-state index contributed by atoms with van der Waals surface area (Å²) in [6.07, 6.45) is 2.78. The van der Waals surface area contributed by atoms with E-state index in [1.165, 1.54) is 5.56 Å². The molecular formula is C24H36N6O. The van der Waals surface area contributed by atoms with Crippen LogP contribution in [0.2, 0.25) is 0 Å². The molecule has 0 aliphatic carbocycles. The number of methoxy groups -OCH3 is 1. The number of nitrogens with one attached hydrogen (secondary N) is 2. The standard InChI is InChI=1S/C24H36N6O/c1-5-25-24(27-12-10-20-9-8-19(2)22(17-20)31-4)28-18-21-7-6-11-26-23(21)30-15-13-29(3)14-16-30/h6-9,11,17H,5,10,12-16,18H2,1-4H3,(H2,25,27,28). The van der Waals surface area contributed by atoms with E-state index in [0.29, 0.717) is 6.54 Å². The number of guanidine groups is 1. The van der Waals surface area contributed by atoms with Gasteiger partial charge in [0.2, 0.25) is 0 Å². The Labute approximate surface area is 186 Å². The number of nitrogens with zero attached hydrogens (tertiary/aromatic N) is 4. The lowest BCUT2D eigenvalue weighted by molar-refractivity contribution is 0.312. The van der Waals surface area contributed by atoms with Crippen molar-refractivity contribution in [2.75, 3.05) is 58.3 Å². The van der Waals surface area contributed by atoms with Gasteiger partial charge < -0.3 is 25.2 Å². The van der Waals surface area contributed by atoms with Crippen molar-refractivity contribution >= 4 is 11.8 Å². The molecule has 2 N–H and O–H groups in total. The van der Waals surface area contributed by atoms with Crippen molar-refractivity contribution in [3.8, 4) is 5.75 Å². The van der Waals surface area contributed by atoms with Crippen molar-refractivity contribution in [1.29, 1.82) is 0 Å². The first-order valence-corrected chi connectivity index (χ1v) is 11.1. The molecule has 1 fully saturated rings. The lowest BCUT2D eigenvalue weighted by Gasteiger charge is -2.34. The van der Waals surface area contributed by atoms with E-state index in [2.05, 4.69) is 70.6 Å². The van der Waals surface area contributed by atoms with Crippen LogP contribution in [0.5, 0.6) is 5.75 Å². The van der Waals surface area contributed by atoms with Crippen LogP contribution < -0.4 is 20.3 Å². The number of likely N-dealkylation sites (N-methyl/N-ethyl adjacent to an activating group) is 1. The van der Waals surface area contributed by atoms with Gasteiger partial charge in [-0.25, -0.2) is 9.98 Å². The predicted molar refractivity (Wildman–Crippen MR) is 128 cm³/mol. The molecule has 1 aliphatic heterocycles. The maximum atomic E-state index is 5.44. The van der Waals surface area contributed by atoms with Crippen molar-refractivity contribution in [3.63, 3.8) is 0 Å². The van der Waals surface area contributed by atoms with Gasteiger partial charge in [0, 0.05) is 51.0 Å². The van der Waals surface area contributed by atoms with Gasteiger partial charge in [0.25, 0.3) is 0 Å². The van der Waals surface area contributed by atoms with Crippen LogP contribution in [0.1, 0.15) is 23.6 Å².